The zero-order valence-corrected chi connectivity index (χ0v) is 18.7. The Bertz CT molecular complexity index is 645. The third-order valence-electron chi connectivity index (χ3n) is 6.75. The predicted molar refractivity (Wildman–Crippen MR) is 116 cm³/mol. The van der Waals surface area contributed by atoms with Gasteiger partial charge in [0.2, 0.25) is 5.91 Å². The fraction of sp³-hybridized carbons (Fsp3) is 0.708. The fourth-order valence-corrected chi connectivity index (χ4v) is 4.70. The quantitative estimate of drug-likeness (QED) is 0.695. The highest BCUT2D eigenvalue weighted by Gasteiger charge is 2.36. The largest absolute Gasteiger partial charge is 0.490 e. The van der Waals surface area contributed by atoms with Gasteiger partial charge in [-0.15, -0.1) is 0 Å². The second-order valence-electron chi connectivity index (χ2n) is 8.90. The number of piperidine rings is 1. The van der Waals surface area contributed by atoms with E-state index in [1.54, 1.807) is 6.92 Å². The number of carbonyl (C=O) groups excluding carboxylic acids is 1. The smallest absolute Gasteiger partial charge is 0.219 e. The molecule has 2 fully saturated rings. The van der Waals surface area contributed by atoms with Crippen LogP contribution in [0.1, 0.15) is 58.9 Å². The number of ether oxygens (including phenoxy) is 2. The maximum atomic E-state index is 12.0. The average molecular weight is 403 g/mol. The van der Waals surface area contributed by atoms with Gasteiger partial charge in [-0.05, 0) is 64.2 Å². The molecule has 2 saturated heterocycles. The number of rotatable bonds is 7. The zero-order valence-electron chi connectivity index (χ0n) is 18.7. The molecule has 0 aromatic heterocycles. The molecule has 0 N–H and O–H groups in total. The Morgan fingerprint density at radius 1 is 1.21 bits per heavy atom. The SMILES string of the molecule is CCN(CC1(c2ccc(OC3CCN(C(C)C)CC3)cc2)CCOCC1)C(C)=O. The molecule has 1 aromatic rings. The van der Waals surface area contributed by atoms with Crippen molar-refractivity contribution in [3.05, 3.63) is 29.8 Å². The lowest BCUT2D eigenvalue weighted by Crippen LogP contribution is -2.46. The first-order valence-electron chi connectivity index (χ1n) is 11.3. The lowest BCUT2D eigenvalue weighted by atomic mass is 9.73. The summed E-state index contributed by atoms with van der Waals surface area (Å²) in [7, 11) is 0. The van der Waals surface area contributed by atoms with Crippen LogP contribution in [0.2, 0.25) is 0 Å². The first kappa shape index (κ1) is 22.1. The normalized spacial score (nSPS) is 20.6. The fourth-order valence-electron chi connectivity index (χ4n) is 4.70. The molecule has 29 heavy (non-hydrogen) atoms. The predicted octanol–water partition coefficient (Wildman–Crippen LogP) is 3.85. The van der Waals surface area contributed by atoms with Gasteiger partial charge in [0.25, 0.3) is 0 Å². The molecule has 2 heterocycles. The van der Waals surface area contributed by atoms with E-state index in [2.05, 4.69) is 49.9 Å². The minimum atomic E-state index is -0.0267. The van der Waals surface area contributed by atoms with E-state index in [0.717, 1.165) is 70.8 Å². The van der Waals surface area contributed by atoms with E-state index in [-0.39, 0.29) is 11.3 Å². The summed E-state index contributed by atoms with van der Waals surface area (Å²) in [6.07, 6.45) is 4.38. The van der Waals surface area contributed by atoms with E-state index >= 15 is 0 Å². The summed E-state index contributed by atoms with van der Waals surface area (Å²) in [5, 5.41) is 0. The molecule has 2 aliphatic rings. The number of likely N-dealkylation sites (tertiary alicyclic amines) is 1. The molecule has 2 aliphatic heterocycles. The molecule has 0 saturated carbocycles. The van der Waals surface area contributed by atoms with Crippen LogP contribution < -0.4 is 4.74 Å². The number of hydrogen-bond acceptors (Lipinski definition) is 4. The van der Waals surface area contributed by atoms with E-state index in [1.165, 1.54) is 5.56 Å². The van der Waals surface area contributed by atoms with E-state index in [0.29, 0.717) is 12.1 Å². The van der Waals surface area contributed by atoms with Crippen LogP contribution in [0.3, 0.4) is 0 Å². The minimum absolute atomic E-state index is 0.0267. The second-order valence-corrected chi connectivity index (χ2v) is 8.90. The first-order chi connectivity index (χ1) is 13.9. The van der Waals surface area contributed by atoms with E-state index in [9.17, 15) is 4.79 Å². The maximum Gasteiger partial charge on any atom is 0.219 e. The zero-order chi connectivity index (χ0) is 20.9. The summed E-state index contributed by atoms with van der Waals surface area (Å²) in [5.74, 6) is 1.10. The van der Waals surface area contributed by atoms with Crippen molar-refractivity contribution in [2.45, 2.75) is 70.9 Å². The molecule has 5 heteroatoms. The molecule has 0 atom stereocenters. The van der Waals surface area contributed by atoms with Gasteiger partial charge in [0, 0.05) is 57.8 Å². The van der Waals surface area contributed by atoms with Crippen LogP contribution in [0, 0.1) is 0 Å². The summed E-state index contributed by atoms with van der Waals surface area (Å²) in [6.45, 7) is 13.5. The van der Waals surface area contributed by atoms with Gasteiger partial charge in [-0.2, -0.15) is 0 Å². The summed E-state index contributed by atoms with van der Waals surface area (Å²) < 4.78 is 11.9. The van der Waals surface area contributed by atoms with Gasteiger partial charge < -0.3 is 19.3 Å². The van der Waals surface area contributed by atoms with E-state index in [4.69, 9.17) is 9.47 Å². The van der Waals surface area contributed by atoms with Crippen molar-refractivity contribution in [3.63, 3.8) is 0 Å². The summed E-state index contributed by atoms with van der Waals surface area (Å²) in [4.78, 5) is 16.5. The second kappa shape index (κ2) is 9.94. The standard InChI is InChI=1S/C24H38N2O3/c1-5-25(20(4)27)18-24(12-16-28-17-13-24)21-6-8-22(9-7-21)29-23-10-14-26(15-11-23)19(2)3/h6-9,19,23H,5,10-18H2,1-4H3. The highest BCUT2D eigenvalue weighted by Crippen LogP contribution is 2.37. The van der Waals surface area contributed by atoms with Crippen LogP contribution in [0.25, 0.3) is 0 Å². The van der Waals surface area contributed by atoms with Gasteiger partial charge in [0.05, 0.1) is 0 Å². The number of benzene rings is 1. The highest BCUT2D eigenvalue weighted by molar-refractivity contribution is 5.73. The van der Waals surface area contributed by atoms with Crippen LogP contribution in [-0.4, -0.2) is 67.2 Å². The topological polar surface area (TPSA) is 42.0 Å². The molecule has 0 radical (unpaired) electrons. The Kier molecular flexibility index (Phi) is 7.58. The molecule has 0 bridgehead atoms. The molecule has 1 amide bonds. The molecule has 0 spiro atoms. The number of likely N-dealkylation sites (N-methyl/N-ethyl adjacent to an activating group) is 1. The van der Waals surface area contributed by atoms with E-state index in [1.807, 2.05) is 4.90 Å². The Hall–Kier alpha value is -1.59. The average Bonchev–Trinajstić information content (AvgIpc) is 2.73. The van der Waals surface area contributed by atoms with Crippen LogP contribution in [0.15, 0.2) is 24.3 Å². The van der Waals surface area contributed by atoms with Crippen molar-refractivity contribution in [2.75, 3.05) is 39.4 Å². The van der Waals surface area contributed by atoms with Gasteiger partial charge in [-0.25, -0.2) is 0 Å². The molecule has 0 unspecified atom stereocenters. The number of hydrogen-bond donors (Lipinski definition) is 0. The Morgan fingerprint density at radius 3 is 2.34 bits per heavy atom. The lowest BCUT2D eigenvalue weighted by Gasteiger charge is -2.41. The van der Waals surface area contributed by atoms with Gasteiger partial charge in [0.15, 0.2) is 0 Å². The van der Waals surface area contributed by atoms with Crippen LogP contribution in [-0.2, 0) is 14.9 Å². The molecular formula is C24H38N2O3. The third-order valence-corrected chi connectivity index (χ3v) is 6.75. The van der Waals surface area contributed by atoms with Crippen molar-refractivity contribution in [3.8, 4) is 5.75 Å². The number of nitrogens with zero attached hydrogens (tertiary/aromatic N) is 2. The molecule has 162 valence electrons. The van der Waals surface area contributed by atoms with Gasteiger partial charge in [-0.1, -0.05) is 12.1 Å². The van der Waals surface area contributed by atoms with Crippen molar-refractivity contribution in [1.82, 2.24) is 9.80 Å². The number of carbonyl (C=O) groups is 1. The Balaban J connectivity index is 1.67. The maximum absolute atomic E-state index is 12.0. The van der Waals surface area contributed by atoms with Crippen LogP contribution >= 0.6 is 0 Å². The molecule has 5 nitrogen and oxygen atoms in total. The van der Waals surface area contributed by atoms with Crippen molar-refractivity contribution in [1.29, 1.82) is 0 Å². The third kappa shape index (κ3) is 5.52. The van der Waals surface area contributed by atoms with Gasteiger partial charge in [0.1, 0.15) is 11.9 Å². The Labute approximate surface area is 176 Å². The van der Waals surface area contributed by atoms with Gasteiger partial charge >= 0.3 is 0 Å². The monoisotopic (exact) mass is 402 g/mol. The lowest BCUT2D eigenvalue weighted by molar-refractivity contribution is -0.130. The first-order valence-corrected chi connectivity index (χ1v) is 11.3. The Morgan fingerprint density at radius 2 is 1.83 bits per heavy atom. The summed E-state index contributed by atoms with van der Waals surface area (Å²) in [5.41, 5.74) is 1.27. The summed E-state index contributed by atoms with van der Waals surface area (Å²) in [6, 6.07) is 9.26. The van der Waals surface area contributed by atoms with E-state index < -0.39 is 0 Å². The molecule has 1 aromatic carbocycles. The van der Waals surface area contributed by atoms with Crippen LogP contribution in [0.5, 0.6) is 5.75 Å². The highest BCUT2D eigenvalue weighted by atomic mass is 16.5. The van der Waals surface area contributed by atoms with Crippen LogP contribution in [0.4, 0.5) is 0 Å². The van der Waals surface area contributed by atoms with Crippen molar-refractivity contribution < 1.29 is 14.3 Å². The number of amides is 1. The molecule has 0 aliphatic carbocycles. The molecule has 3 rings (SSSR count). The van der Waals surface area contributed by atoms with Crippen molar-refractivity contribution in [2.24, 2.45) is 0 Å². The van der Waals surface area contributed by atoms with Crippen molar-refractivity contribution >= 4 is 5.91 Å². The van der Waals surface area contributed by atoms with Gasteiger partial charge in [-0.3, -0.25) is 4.79 Å². The summed E-state index contributed by atoms with van der Waals surface area (Å²) >= 11 is 0. The minimum Gasteiger partial charge on any atom is -0.490 e. The molecular weight excluding hydrogens is 364 g/mol.